The standard InChI is InChI=1S/C15H11ClN2O2S/c1-21-11-5-2-9(3-6-11)14-17-15(20-18-14)12-8-10(16)4-7-13(12)19/h2-8,19H,1H3. The lowest BCUT2D eigenvalue weighted by Crippen LogP contribution is -1.82. The van der Waals surface area contributed by atoms with Gasteiger partial charge in [-0.15, -0.1) is 11.8 Å². The highest BCUT2D eigenvalue weighted by Gasteiger charge is 2.14. The van der Waals surface area contributed by atoms with Crippen molar-refractivity contribution >= 4 is 23.4 Å². The summed E-state index contributed by atoms with van der Waals surface area (Å²) in [5.74, 6) is 0.753. The molecule has 0 aliphatic heterocycles. The number of benzene rings is 2. The fraction of sp³-hybridized carbons (Fsp3) is 0.0667. The van der Waals surface area contributed by atoms with Crippen LogP contribution >= 0.6 is 23.4 Å². The van der Waals surface area contributed by atoms with E-state index in [0.29, 0.717) is 16.4 Å². The molecule has 3 aromatic rings. The van der Waals surface area contributed by atoms with Crippen molar-refractivity contribution in [3.8, 4) is 28.6 Å². The second-order valence-corrected chi connectivity index (χ2v) is 5.63. The van der Waals surface area contributed by atoms with Crippen molar-refractivity contribution in [1.82, 2.24) is 10.1 Å². The van der Waals surface area contributed by atoms with Crippen molar-refractivity contribution in [2.24, 2.45) is 0 Å². The number of aromatic nitrogens is 2. The van der Waals surface area contributed by atoms with E-state index in [0.717, 1.165) is 10.5 Å². The number of hydrogen-bond acceptors (Lipinski definition) is 5. The minimum atomic E-state index is 0.0485. The van der Waals surface area contributed by atoms with Gasteiger partial charge in [-0.1, -0.05) is 16.8 Å². The summed E-state index contributed by atoms with van der Waals surface area (Å²) >= 11 is 7.59. The molecule has 1 heterocycles. The van der Waals surface area contributed by atoms with Gasteiger partial charge in [0.1, 0.15) is 5.75 Å². The molecule has 106 valence electrons. The predicted octanol–water partition coefficient (Wildman–Crippen LogP) is 4.48. The SMILES string of the molecule is CSc1ccc(-c2noc(-c3cc(Cl)ccc3O)n2)cc1. The molecule has 0 spiro atoms. The minimum Gasteiger partial charge on any atom is -0.507 e. The molecule has 0 aliphatic rings. The van der Waals surface area contributed by atoms with E-state index in [1.54, 1.807) is 23.9 Å². The quantitative estimate of drug-likeness (QED) is 0.721. The summed E-state index contributed by atoms with van der Waals surface area (Å²) in [6.07, 6.45) is 2.02. The van der Waals surface area contributed by atoms with Crippen LogP contribution in [0.25, 0.3) is 22.8 Å². The van der Waals surface area contributed by atoms with E-state index in [9.17, 15) is 5.11 Å². The Labute approximate surface area is 130 Å². The van der Waals surface area contributed by atoms with Crippen molar-refractivity contribution in [2.45, 2.75) is 4.90 Å². The van der Waals surface area contributed by atoms with E-state index in [4.69, 9.17) is 16.1 Å². The van der Waals surface area contributed by atoms with Crippen LogP contribution in [0.4, 0.5) is 0 Å². The summed E-state index contributed by atoms with van der Waals surface area (Å²) in [4.78, 5) is 5.47. The Bertz CT molecular complexity index is 772. The summed E-state index contributed by atoms with van der Waals surface area (Å²) in [6, 6.07) is 12.5. The van der Waals surface area contributed by atoms with Crippen LogP contribution in [0.1, 0.15) is 0 Å². The van der Waals surface area contributed by atoms with E-state index >= 15 is 0 Å². The summed E-state index contributed by atoms with van der Waals surface area (Å²) < 4.78 is 5.21. The Morgan fingerprint density at radius 1 is 1.14 bits per heavy atom. The zero-order chi connectivity index (χ0) is 14.8. The highest BCUT2D eigenvalue weighted by atomic mass is 35.5. The van der Waals surface area contributed by atoms with Gasteiger partial charge in [-0.3, -0.25) is 0 Å². The molecule has 0 amide bonds. The van der Waals surface area contributed by atoms with Gasteiger partial charge < -0.3 is 9.63 Å². The van der Waals surface area contributed by atoms with E-state index in [2.05, 4.69) is 10.1 Å². The molecule has 0 atom stereocenters. The summed E-state index contributed by atoms with van der Waals surface area (Å²) in [5, 5.41) is 14.3. The molecule has 0 radical (unpaired) electrons. The van der Waals surface area contributed by atoms with Crippen LogP contribution < -0.4 is 0 Å². The van der Waals surface area contributed by atoms with Crippen molar-refractivity contribution < 1.29 is 9.63 Å². The maximum absolute atomic E-state index is 9.85. The molecule has 0 fully saturated rings. The van der Waals surface area contributed by atoms with Crippen LogP contribution in [0, 0.1) is 0 Å². The number of phenolic OH excluding ortho intramolecular Hbond substituents is 1. The van der Waals surface area contributed by atoms with Gasteiger partial charge >= 0.3 is 0 Å². The predicted molar refractivity (Wildman–Crippen MR) is 83.6 cm³/mol. The Morgan fingerprint density at radius 2 is 1.90 bits per heavy atom. The van der Waals surface area contributed by atoms with Crippen LogP contribution in [0.15, 0.2) is 51.9 Å². The summed E-state index contributed by atoms with van der Waals surface area (Å²) in [5.41, 5.74) is 1.27. The van der Waals surface area contributed by atoms with Crippen LogP contribution in [0.3, 0.4) is 0 Å². The normalized spacial score (nSPS) is 10.8. The first kappa shape index (κ1) is 14.0. The summed E-state index contributed by atoms with van der Waals surface area (Å²) in [7, 11) is 0. The highest BCUT2D eigenvalue weighted by molar-refractivity contribution is 7.98. The van der Waals surface area contributed by atoms with Crippen LogP contribution in [-0.4, -0.2) is 21.5 Å². The van der Waals surface area contributed by atoms with Gasteiger partial charge in [0.2, 0.25) is 5.82 Å². The Morgan fingerprint density at radius 3 is 2.62 bits per heavy atom. The number of nitrogens with zero attached hydrogens (tertiary/aromatic N) is 2. The fourth-order valence-electron chi connectivity index (χ4n) is 1.87. The van der Waals surface area contributed by atoms with Gasteiger partial charge in [0.15, 0.2) is 0 Å². The molecule has 0 saturated carbocycles. The number of phenols is 1. The second-order valence-electron chi connectivity index (χ2n) is 4.31. The number of hydrogen-bond donors (Lipinski definition) is 1. The maximum Gasteiger partial charge on any atom is 0.262 e. The van der Waals surface area contributed by atoms with Crippen LogP contribution in [-0.2, 0) is 0 Å². The smallest absolute Gasteiger partial charge is 0.262 e. The molecule has 21 heavy (non-hydrogen) atoms. The van der Waals surface area contributed by atoms with Gasteiger partial charge in [0.25, 0.3) is 5.89 Å². The van der Waals surface area contributed by atoms with E-state index in [1.165, 1.54) is 6.07 Å². The number of halogens is 1. The third-order valence-electron chi connectivity index (χ3n) is 2.96. The molecule has 0 unspecified atom stereocenters. The lowest BCUT2D eigenvalue weighted by Gasteiger charge is -1.99. The van der Waals surface area contributed by atoms with Gasteiger partial charge in [0, 0.05) is 15.5 Å². The second kappa shape index (κ2) is 5.79. The molecule has 0 bridgehead atoms. The number of rotatable bonds is 3. The van der Waals surface area contributed by atoms with Crippen LogP contribution in [0.5, 0.6) is 5.75 Å². The molecule has 6 heteroatoms. The highest BCUT2D eigenvalue weighted by Crippen LogP contribution is 2.32. The van der Waals surface area contributed by atoms with Gasteiger partial charge in [0.05, 0.1) is 5.56 Å². The largest absolute Gasteiger partial charge is 0.507 e. The molecule has 1 N–H and O–H groups in total. The van der Waals surface area contributed by atoms with Crippen molar-refractivity contribution in [3.63, 3.8) is 0 Å². The van der Waals surface area contributed by atoms with E-state index in [-0.39, 0.29) is 11.6 Å². The Hall–Kier alpha value is -1.98. The molecular formula is C15H11ClN2O2S. The zero-order valence-corrected chi connectivity index (χ0v) is 12.6. The fourth-order valence-corrected chi connectivity index (χ4v) is 2.45. The molecule has 1 aromatic heterocycles. The first-order chi connectivity index (χ1) is 10.2. The van der Waals surface area contributed by atoms with Crippen molar-refractivity contribution in [1.29, 1.82) is 0 Å². The monoisotopic (exact) mass is 318 g/mol. The van der Waals surface area contributed by atoms with Gasteiger partial charge in [-0.25, -0.2) is 0 Å². The van der Waals surface area contributed by atoms with E-state index in [1.807, 2.05) is 30.5 Å². The molecular weight excluding hydrogens is 308 g/mol. The molecule has 0 saturated heterocycles. The maximum atomic E-state index is 9.85. The first-order valence-electron chi connectivity index (χ1n) is 6.14. The number of thioether (sulfide) groups is 1. The van der Waals surface area contributed by atoms with Crippen molar-refractivity contribution in [3.05, 3.63) is 47.5 Å². The Balaban J connectivity index is 1.97. The summed E-state index contributed by atoms with van der Waals surface area (Å²) in [6.45, 7) is 0. The third kappa shape index (κ3) is 2.89. The average Bonchev–Trinajstić information content (AvgIpc) is 2.99. The van der Waals surface area contributed by atoms with E-state index < -0.39 is 0 Å². The minimum absolute atomic E-state index is 0.0485. The molecule has 0 aliphatic carbocycles. The van der Waals surface area contributed by atoms with Crippen molar-refractivity contribution in [2.75, 3.05) is 6.26 Å². The van der Waals surface area contributed by atoms with Gasteiger partial charge in [-0.05, 0) is 48.7 Å². The third-order valence-corrected chi connectivity index (χ3v) is 3.94. The first-order valence-corrected chi connectivity index (χ1v) is 7.74. The lowest BCUT2D eigenvalue weighted by molar-refractivity contribution is 0.426. The van der Waals surface area contributed by atoms with Crippen LogP contribution in [0.2, 0.25) is 5.02 Å². The topological polar surface area (TPSA) is 59.2 Å². The molecule has 4 nitrogen and oxygen atoms in total. The molecule has 2 aromatic carbocycles. The Kier molecular flexibility index (Phi) is 3.86. The molecule has 3 rings (SSSR count). The zero-order valence-electron chi connectivity index (χ0n) is 11.1. The van der Waals surface area contributed by atoms with Gasteiger partial charge in [-0.2, -0.15) is 4.98 Å². The lowest BCUT2D eigenvalue weighted by atomic mass is 10.2. The number of aromatic hydroxyl groups is 1. The average molecular weight is 319 g/mol.